The Hall–Kier alpha value is -2.94. The van der Waals surface area contributed by atoms with Gasteiger partial charge < -0.3 is 4.52 Å². The SMILES string of the molecule is CC(C)c1cc(-c2cnc3ccc(-c4c[nH]nc4-c4ccc(F)cc4F)cn23)no1.Cl.Cl.Cl. The molecule has 0 aliphatic heterocycles. The van der Waals surface area contributed by atoms with E-state index in [1.807, 2.05) is 42.6 Å². The molecule has 1 N–H and O–H groups in total. The van der Waals surface area contributed by atoms with Gasteiger partial charge in [-0.1, -0.05) is 19.0 Å². The Bertz CT molecular complexity index is 1380. The van der Waals surface area contributed by atoms with Gasteiger partial charge in [-0.3, -0.25) is 9.50 Å². The zero-order chi connectivity index (χ0) is 20.8. The number of aromatic amines is 1. The first-order valence-electron chi connectivity index (χ1n) is 9.45. The third-order valence-corrected chi connectivity index (χ3v) is 5.00. The van der Waals surface area contributed by atoms with Gasteiger partial charge in [-0.05, 0) is 24.3 Å². The molecule has 0 spiro atoms. The number of fused-ring (bicyclic) bond motifs is 1. The van der Waals surface area contributed by atoms with E-state index in [9.17, 15) is 8.78 Å². The fourth-order valence-electron chi connectivity index (χ4n) is 3.41. The first-order valence-corrected chi connectivity index (χ1v) is 9.45. The maximum atomic E-state index is 14.3. The third kappa shape index (κ3) is 4.73. The smallest absolute Gasteiger partial charge is 0.139 e. The maximum absolute atomic E-state index is 14.3. The molecule has 4 aromatic heterocycles. The summed E-state index contributed by atoms with van der Waals surface area (Å²) in [5.74, 6) is -0.289. The van der Waals surface area contributed by atoms with Crippen molar-refractivity contribution >= 4 is 42.9 Å². The number of aromatic nitrogens is 5. The number of hydrogen-bond donors (Lipinski definition) is 1. The van der Waals surface area contributed by atoms with E-state index in [2.05, 4.69) is 20.3 Å². The standard InChI is InChI=1S/C22H17F2N5O.3ClH/c1-12(2)20-8-18(28-30-20)19-10-25-21-6-3-13(11-29(19)21)16-9-26-27-22(16)15-5-4-14(23)7-17(15)24;;;/h3-12H,1-2H3,(H,26,27);3*1H. The normalized spacial score (nSPS) is 10.6. The number of benzene rings is 1. The van der Waals surface area contributed by atoms with E-state index >= 15 is 0 Å². The van der Waals surface area contributed by atoms with Gasteiger partial charge in [-0.25, -0.2) is 13.8 Å². The van der Waals surface area contributed by atoms with Gasteiger partial charge >= 0.3 is 0 Å². The van der Waals surface area contributed by atoms with Crippen molar-refractivity contribution in [2.24, 2.45) is 0 Å². The molecule has 0 unspecified atom stereocenters. The monoisotopic (exact) mass is 513 g/mol. The van der Waals surface area contributed by atoms with Crippen LogP contribution in [0.25, 0.3) is 39.4 Å². The van der Waals surface area contributed by atoms with Gasteiger partial charge in [0.2, 0.25) is 0 Å². The lowest BCUT2D eigenvalue weighted by Gasteiger charge is -2.06. The molecule has 6 nitrogen and oxygen atoms in total. The van der Waals surface area contributed by atoms with Gasteiger partial charge in [-0.15, -0.1) is 37.2 Å². The van der Waals surface area contributed by atoms with E-state index in [1.165, 1.54) is 12.1 Å². The van der Waals surface area contributed by atoms with Crippen LogP contribution in [0.15, 0.2) is 59.5 Å². The Morgan fingerprint density at radius 1 is 1.00 bits per heavy atom. The van der Waals surface area contributed by atoms with E-state index in [1.54, 1.807) is 12.4 Å². The first kappa shape index (κ1) is 26.3. The molecule has 0 aliphatic carbocycles. The Labute approximate surface area is 206 Å². The maximum Gasteiger partial charge on any atom is 0.139 e. The molecule has 33 heavy (non-hydrogen) atoms. The van der Waals surface area contributed by atoms with E-state index in [0.717, 1.165) is 28.7 Å². The molecule has 5 rings (SSSR count). The molecule has 1 aromatic carbocycles. The lowest BCUT2D eigenvalue weighted by molar-refractivity contribution is 0.373. The van der Waals surface area contributed by atoms with Gasteiger partial charge in [0.15, 0.2) is 0 Å². The van der Waals surface area contributed by atoms with Gasteiger partial charge in [0, 0.05) is 47.1 Å². The molecule has 0 saturated heterocycles. The molecule has 0 bridgehead atoms. The number of nitrogens with one attached hydrogen (secondary N) is 1. The minimum atomic E-state index is -0.670. The summed E-state index contributed by atoms with van der Waals surface area (Å²) in [6.07, 6.45) is 5.30. The molecule has 0 fully saturated rings. The van der Waals surface area contributed by atoms with Gasteiger partial charge in [-0.2, -0.15) is 5.10 Å². The first-order chi connectivity index (χ1) is 14.5. The summed E-state index contributed by atoms with van der Waals surface area (Å²) in [6.45, 7) is 4.07. The molecule has 0 amide bonds. The molecule has 5 aromatic rings. The van der Waals surface area contributed by atoms with E-state index in [0.29, 0.717) is 17.0 Å². The number of hydrogen-bond acceptors (Lipinski definition) is 4. The Balaban J connectivity index is 0.00000128. The molecule has 0 aliphatic rings. The van der Waals surface area contributed by atoms with Crippen molar-refractivity contribution in [3.63, 3.8) is 0 Å². The quantitative estimate of drug-likeness (QED) is 0.289. The average molecular weight is 515 g/mol. The second-order valence-corrected chi connectivity index (χ2v) is 7.33. The number of pyridine rings is 1. The fraction of sp³-hybridized carbons (Fsp3) is 0.136. The van der Waals surface area contributed by atoms with Crippen LogP contribution < -0.4 is 0 Å². The van der Waals surface area contributed by atoms with Crippen LogP contribution >= 0.6 is 37.2 Å². The molecule has 4 heterocycles. The minimum absolute atomic E-state index is 0. The van der Waals surface area contributed by atoms with Crippen LogP contribution in [0, 0.1) is 11.6 Å². The molecule has 11 heteroatoms. The highest BCUT2D eigenvalue weighted by Gasteiger charge is 2.17. The molecule has 0 radical (unpaired) electrons. The van der Waals surface area contributed by atoms with E-state index in [4.69, 9.17) is 4.52 Å². The van der Waals surface area contributed by atoms with Crippen molar-refractivity contribution in [1.82, 2.24) is 24.7 Å². The summed E-state index contributed by atoms with van der Waals surface area (Å²) in [7, 11) is 0. The van der Waals surface area contributed by atoms with Crippen LogP contribution in [0.5, 0.6) is 0 Å². The van der Waals surface area contributed by atoms with Gasteiger partial charge in [0.25, 0.3) is 0 Å². The lowest BCUT2D eigenvalue weighted by Crippen LogP contribution is -1.92. The third-order valence-electron chi connectivity index (χ3n) is 5.00. The van der Waals surface area contributed by atoms with Crippen molar-refractivity contribution in [2.45, 2.75) is 19.8 Å². The number of imidazole rings is 1. The number of H-pyrrole nitrogens is 1. The minimum Gasteiger partial charge on any atom is -0.360 e. The highest BCUT2D eigenvalue weighted by Crippen LogP contribution is 2.33. The Morgan fingerprint density at radius 2 is 1.79 bits per heavy atom. The van der Waals surface area contributed by atoms with Crippen LogP contribution in [-0.4, -0.2) is 24.7 Å². The highest BCUT2D eigenvalue weighted by molar-refractivity contribution is 5.86. The lowest BCUT2D eigenvalue weighted by atomic mass is 10.0. The van der Waals surface area contributed by atoms with Gasteiger partial charge in [0.1, 0.15) is 34.4 Å². The molecular weight excluding hydrogens is 495 g/mol. The van der Waals surface area contributed by atoms with E-state index in [-0.39, 0.29) is 48.7 Å². The summed E-state index contributed by atoms with van der Waals surface area (Å²) in [6, 6.07) is 9.09. The fourth-order valence-corrected chi connectivity index (χ4v) is 3.41. The number of nitrogens with zero attached hydrogens (tertiary/aromatic N) is 4. The van der Waals surface area contributed by atoms with Crippen LogP contribution in [0.1, 0.15) is 25.5 Å². The second kappa shape index (κ2) is 10.3. The van der Waals surface area contributed by atoms with Gasteiger partial charge in [0.05, 0.1) is 11.9 Å². The summed E-state index contributed by atoms with van der Waals surface area (Å²) in [4.78, 5) is 4.43. The predicted octanol–water partition coefficient (Wildman–Crippen LogP) is 6.71. The van der Waals surface area contributed by atoms with Crippen molar-refractivity contribution < 1.29 is 13.3 Å². The zero-order valence-corrected chi connectivity index (χ0v) is 19.9. The van der Waals surface area contributed by atoms with Crippen molar-refractivity contribution in [1.29, 1.82) is 0 Å². The van der Waals surface area contributed by atoms with Crippen molar-refractivity contribution in [3.05, 3.63) is 72.4 Å². The molecule has 0 atom stereocenters. The van der Waals surface area contributed by atoms with Crippen LogP contribution in [-0.2, 0) is 0 Å². The summed E-state index contributed by atoms with van der Waals surface area (Å²) >= 11 is 0. The largest absolute Gasteiger partial charge is 0.360 e. The second-order valence-electron chi connectivity index (χ2n) is 7.33. The van der Waals surface area contributed by atoms with E-state index < -0.39 is 11.6 Å². The molecular formula is C22H20Cl3F2N5O. The summed E-state index contributed by atoms with van der Waals surface area (Å²) in [5, 5.41) is 11.1. The highest BCUT2D eigenvalue weighted by atomic mass is 35.5. The average Bonchev–Trinajstić information content (AvgIpc) is 3.46. The Kier molecular flexibility index (Phi) is 8.24. The summed E-state index contributed by atoms with van der Waals surface area (Å²) < 4.78 is 35.0. The number of halogens is 5. The molecule has 0 saturated carbocycles. The number of rotatable bonds is 4. The van der Waals surface area contributed by atoms with Crippen LogP contribution in [0.4, 0.5) is 8.78 Å². The predicted molar refractivity (Wildman–Crippen MR) is 129 cm³/mol. The summed E-state index contributed by atoms with van der Waals surface area (Å²) in [5.41, 5.74) is 4.29. The van der Waals surface area contributed by atoms with Crippen LogP contribution in [0.2, 0.25) is 0 Å². The molecule has 174 valence electrons. The van der Waals surface area contributed by atoms with Crippen molar-refractivity contribution in [2.75, 3.05) is 0 Å². The topological polar surface area (TPSA) is 72.0 Å². The van der Waals surface area contributed by atoms with Crippen LogP contribution in [0.3, 0.4) is 0 Å². The Morgan fingerprint density at radius 3 is 2.48 bits per heavy atom. The van der Waals surface area contributed by atoms with Crippen molar-refractivity contribution in [3.8, 4) is 33.8 Å². The zero-order valence-electron chi connectivity index (χ0n) is 17.5.